The van der Waals surface area contributed by atoms with Crippen LogP contribution in [0.1, 0.15) is 24.1 Å². The first kappa shape index (κ1) is 15.1. The van der Waals surface area contributed by atoms with Gasteiger partial charge in [-0.25, -0.2) is 5.01 Å². The number of benzene rings is 2. The van der Waals surface area contributed by atoms with Crippen LogP contribution < -0.4 is 5.43 Å². The standard InChI is InChI=1S/C17H14BrClN2O/c1-11(22)21-17(13-2-6-14(18)7-3-13)10-16(20-21)12-4-8-15(19)9-5-12/h2-10,17,20H,1H3/t17-/m0/s1. The largest absolute Gasteiger partial charge is 0.295 e. The van der Waals surface area contributed by atoms with E-state index in [4.69, 9.17) is 11.6 Å². The highest BCUT2D eigenvalue weighted by molar-refractivity contribution is 9.10. The van der Waals surface area contributed by atoms with Crippen molar-refractivity contribution in [3.8, 4) is 0 Å². The fourth-order valence-electron chi connectivity index (χ4n) is 2.44. The summed E-state index contributed by atoms with van der Waals surface area (Å²) in [5, 5.41) is 2.32. The first-order valence-electron chi connectivity index (χ1n) is 6.84. The van der Waals surface area contributed by atoms with Crippen molar-refractivity contribution in [2.45, 2.75) is 13.0 Å². The van der Waals surface area contributed by atoms with Crippen LogP contribution in [0.15, 0.2) is 59.1 Å². The van der Waals surface area contributed by atoms with E-state index in [-0.39, 0.29) is 11.9 Å². The van der Waals surface area contributed by atoms with Gasteiger partial charge in [-0.15, -0.1) is 0 Å². The lowest BCUT2D eigenvalue weighted by molar-refractivity contribution is -0.132. The Kier molecular flexibility index (Phi) is 4.23. The summed E-state index contributed by atoms with van der Waals surface area (Å²) in [6, 6.07) is 15.4. The van der Waals surface area contributed by atoms with Gasteiger partial charge in [-0.3, -0.25) is 10.2 Å². The summed E-state index contributed by atoms with van der Waals surface area (Å²) in [6.45, 7) is 1.55. The molecule has 112 valence electrons. The third-order valence-corrected chi connectivity index (χ3v) is 4.33. The number of hydrogen-bond acceptors (Lipinski definition) is 2. The molecule has 2 aromatic carbocycles. The van der Waals surface area contributed by atoms with Crippen molar-refractivity contribution in [3.63, 3.8) is 0 Å². The average molecular weight is 378 g/mol. The topological polar surface area (TPSA) is 32.3 Å². The molecule has 3 rings (SSSR count). The molecule has 0 saturated heterocycles. The molecule has 2 aromatic rings. The van der Waals surface area contributed by atoms with Crippen LogP contribution in [-0.2, 0) is 4.79 Å². The molecule has 3 nitrogen and oxygen atoms in total. The summed E-state index contributed by atoms with van der Waals surface area (Å²) in [4.78, 5) is 11.9. The van der Waals surface area contributed by atoms with Gasteiger partial charge >= 0.3 is 0 Å². The van der Waals surface area contributed by atoms with Crippen molar-refractivity contribution >= 4 is 39.1 Å². The number of nitrogens with zero attached hydrogens (tertiary/aromatic N) is 1. The van der Waals surface area contributed by atoms with Gasteiger partial charge < -0.3 is 0 Å². The van der Waals surface area contributed by atoms with Crippen LogP contribution in [0.3, 0.4) is 0 Å². The second-order valence-corrected chi connectivity index (χ2v) is 6.44. The molecular weight excluding hydrogens is 364 g/mol. The first-order valence-corrected chi connectivity index (χ1v) is 8.01. The zero-order chi connectivity index (χ0) is 15.7. The van der Waals surface area contributed by atoms with Gasteiger partial charge in [-0.1, -0.05) is 51.8 Å². The number of carbonyl (C=O) groups excluding carboxylic acids is 1. The average Bonchev–Trinajstić information content (AvgIpc) is 2.94. The number of nitrogens with one attached hydrogen (secondary N) is 1. The van der Waals surface area contributed by atoms with E-state index in [1.54, 1.807) is 11.9 Å². The number of amides is 1. The summed E-state index contributed by atoms with van der Waals surface area (Å²) in [5.74, 6) is -0.0341. The molecule has 1 amide bonds. The Hall–Kier alpha value is -1.78. The molecule has 1 aliphatic rings. The molecule has 0 aliphatic carbocycles. The molecular formula is C17H14BrClN2O. The van der Waals surface area contributed by atoms with Gasteiger partial charge in [0.05, 0.1) is 11.7 Å². The van der Waals surface area contributed by atoms with E-state index in [9.17, 15) is 4.79 Å². The number of hydrazine groups is 1. The summed E-state index contributed by atoms with van der Waals surface area (Å²) in [6.07, 6.45) is 2.05. The minimum atomic E-state index is -0.128. The second kappa shape index (κ2) is 6.15. The van der Waals surface area contributed by atoms with Gasteiger partial charge in [-0.05, 0) is 41.5 Å². The summed E-state index contributed by atoms with van der Waals surface area (Å²) >= 11 is 9.36. The molecule has 5 heteroatoms. The lowest BCUT2D eigenvalue weighted by Gasteiger charge is -2.24. The van der Waals surface area contributed by atoms with E-state index in [1.807, 2.05) is 54.6 Å². The minimum Gasteiger partial charge on any atom is -0.295 e. The third kappa shape index (κ3) is 3.03. The Labute approximate surface area is 142 Å². The third-order valence-electron chi connectivity index (χ3n) is 3.55. The lowest BCUT2D eigenvalue weighted by atomic mass is 10.0. The van der Waals surface area contributed by atoms with Gasteiger partial charge in [-0.2, -0.15) is 0 Å². The molecule has 0 saturated carbocycles. The first-order chi connectivity index (χ1) is 10.5. The predicted molar refractivity (Wildman–Crippen MR) is 92.0 cm³/mol. The maximum Gasteiger partial charge on any atom is 0.238 e. The van der Waals surface area contributed by atoms with Crippen LogP contribution in [0.25, 0.3) is 5.70 Å². The normalized spacial score (nSPS) is 17.1. The van der Waals surface area contributed by atoms with Crippen LogP contribution >= 0.6 is 27.5 Å². The molecule has 0 bridgehead atoms. The minimum absolute atomic E-state index is 0.0341. The van der Waals surface area contributed by atoms with Crippen molar-refractivity contribution in [3.05, 3.63) is 75.2 Å². The zero-order valence-corrected chi connectivity index (χ0v) is 14.2. The van der Waals surface area contributed by atoms with Gasteiger partial charge in [0.1, 0.15) is 0 Å². The molecule has 1 heterocycles. The van der Waals surface area contributed by atoms with E-state index >= 15 is 0 Å². The highest BCUT2D eigenvalue weighted by Crippen LogP contribution is 2.32. The van der Waals surface area contributed by atoms with Crippen molar-refractivity contribution < 1.29 is 4.79 Å². The molecule has 1 N–H and O–H groups in total. The van der Waals surface area contributed by atoms with Gasteiger partial charge in [0.2, 0.25) is 5.91 Å². The van der Waals surface area contributed by atoms with Crippen LogP contribution in [0, 0.1) is 0 Å². The van der Waals surface area contributed by atoms with Crippen molar-refractivity contribution in [2.24, 2.45) is 0 Å². The van der Waals surface area contributed by atoms with E-state index in [0.29, 0.717) is 5.02 Å². The van der Waals surface area contributed by atoms with Crippen molar-refractivity contribution in [1.82, 2.24) is 10.4 Å². The fourth-order valence-corrected chi connectivity index (χ4v) is 2.83. The second-order valence-electron chi connectivity index (χ2n) is 5.08. The van der Waals surface area contributed by atoms with E-state index in [0.717, 1.165) is 21.3 Å². The highest BCUT2D eigenvalue weighted by atomic mass is 79.9. The van der Waals surface area contributed by atoms with Crippen molar-refractivity contribution in [1.29, 1.82) is 0 Å². The lowest BCUT2D eigenvalue weighted by Crippen LogP contribution is -2.37. The molecule has 1 aliphatic heterocycles. The number of hydrogen-bond donors (Lipinski definition) is 1. The molecule has 0 fully saturated rings. The Morgan fingerprint density at radius 3 is 2.36 bits per heavy atom. The Balaban J connectivity index is 1.96. The van der Waals surface area contributed by atoms with Crippen LogP contribution in [-0.4, -0.2) is 10.9 Å². The smallest absolute Gasteiger partial charge is 0.238 e. The molecule has 0 spiro atoms. The summed E-state index contributed by atoms with van der Waals surface area (Å²) < 4.78 is 1.01. The number of halogens is 2. The highest BCUT2D eigenvalue weighted by Gasteiger charge is 2.28. The molecule has 22 heavy (non-hydrogen) atoms. The van der Waals surface area contributed by atoms with E-state index < -0.39 is 0 Å². The summed E-state index contributed by atoms with van der Waals surface area (Å²) in [5.41, 5.74) is 6.13. The molecule has 0 aromatic heterocycles. The molecule has 0 unspecified atom stereocenters. The predicted octanol–water partition coefficient (Wildman–Crippen LogP) is 4.55. The number of rotatable bonds is 2. The maximum absolute atomic E-state index is 11.9. The maximum atomic E-state index is 11.9. The van der Waals surface area contributed by atoms with Gasteiger partial charge in [0, 0.05) is 16.4 Å². The van der Waals surface area contributed by atoms with Crippen molar-refractivity contribution in [2.75, 3.05) is 0 Å². The van der Waals surface area contributed by atoms with Gasteiger partial charge in [0.15, 0.2) is 0 Å². The Morgan fingerprint density at radius 2 is 1.77 bits per heavy atom. The summed E-state index contributed by atoms with van der Waals surface area (Å²) in [7, 11) is 0. The number of carbonyl (C=O) groups is 1. The SMILES string of the molecule is CC(=O)N1NC(c2ccc(Cl)cc2)=C[C@H]1c1ccc(Br)cc1. The van der Waals surface area contributed by atoms with Gasteiger partial charge in [0.25, 0.3) is 0 Å². The van der Waals surface area contributed by atoms with Crippen LogP contribution in [0.5, 0.6) is 0 Å². The van der Waals surface area contributed by atoms with E-state index in [2.05, 4.69) is 21.4 Å². The van der Waals surface area contributed by atoms with Crippen LogP contribution in [0.4, 0.5) is 0 Å². The van der Waals surface area contributed by atoms with Crippen LogP contribution in [0.2, 0.25) is 5.02 Å². The fraction of sp³-hybridized carbons (Fsp3) is 0.118. The molecule has 0 radical (unpaired) electrons. The monoisotopic (exact) mass is 376 g/mol. The van der Waals surface area contributed by atoms with E-state index in [1.165, 1.54) is 0 Å². The zero-order valence-electron chi connectivity index (χ0n) is 11.9. The molecule has 1 atom stereocenters. The quantitative estimate of drug-likeness (QED) is 0.832. The Bertz CT molecular complexity index is 725. The Morgan fingerprint density at radius 1 is 1.14 bits per heavy atom.